The first-order chi connectivity index (χ1) is 14.8. The van der Waals surface area contributed by atoms with Gasteiger partial charge in [-0.3, -0.25) is 14.4 Å². The van der Waals surface area contributed by atoms with Crippen LogP contribution in [0, 0.1) is 23.7 Å². The van der Waals surface area contributed by atoms with Crippen molar-refractivity contribution < 1.29 is 24.3 Å². The average molecular weight is 457 g/mol. The summed E-state index contributed by atoms with van der Waals surface area (Å²) in [5.74, 6) is -3.10. The summed E-state index contributed by atoms with van der Waals surface area (Å²) in [4.78, 5) is 50.1. The number of nitrogens with two attached hydrogens (primary N) is 1. The largest absolute Gasteiger partial charge is 0.480 e. The van der Waals surface area contributed by atoms with Crippen LogP contribution >= 0.6 is 0 Å². The van der Waals surface area contributed by atoms with Gasteiger partial charge in [-0.15, -0.1) is 0 Å². The normalized spacial score (nSPS) is 17.1. The van der Waals surface area contributed by atoms with E-state index in [2.05, 4.69) is 16.0 Å². The second-order valence-corrected chi connectivity index (χ2v) is 9.55. The van der Waals surface area contributed by atoms with Crippen LogP contribution in [0.15, 0.2) is 0 Å². The summed E-state index contributed by atoms with van der Waals surface area (Å²) < 4.78 is 0. The van der Waals surface area contributed by atoms with Crippen LogP contribution in [0.25, 0.3) is 0 Å². The summed E-state index contributed by atoms with van der Waals surface area (Å²) in [6.45, 7) is 14.8. The Morgan fingerprint density at radius 3 is 1.41 bits per heavy atom. The van der Waals surface area contributed by atoms with Crippen LogP contribution in [0.4, 0.5) is 0 Å². The second kappa shape index (κ2) is 14.1. The van der Waals surface area contributed by atoms with E-state index in [0.29, 0.717) is 19.3 Å². The lowest BCUT2D eigenvalue weighted by molar-refractivity contribution is -0.144. The number of hydrogen-bond acceptors (Lipinski definition) is 5. The lowest BCUT2D eigenvalue weighted by atomic mass is 9.94. The van der Waals surface area contributed by atoms with Gasteiger partial charge < -0.3 is 26.8 Å². The van der Waals surface area contributed by atoms with E-state index in [1.807, 2.05) is 41.5 Å². The molecule has 0 bridgehead atoms. The van der Waals surface area contributed by atoms with Crippen LogP contribution < -0.4 is 21.7 Å². The fourth-order valence-corrected chi connectivity index (χ4v) is 3.28. The molecule has 0 aliphatic rings. The summed E-state index contributed by atoms with van der Waals surface area (Å²) in [5, 5.41) is 17.4. The summed E-state index contributed by atoms with van der Waals surface area (Å²) >= 11 is 0. The highest BCUT2D eigenvalue weighted by Gasteiger charge is 2.34. The van der Waals surface area contributed by atoms with Crippen molar-refractivity contribution in [2.75, 3.05) is 0 Å². The van der Waals surface area contributed by atoms with Gasteiger partial charge >= 0.3 is 5.97 Å². The van der Waals surface area contributed by atoms with Gasteiger partial charge in [0, 0.05) is 0 Å². The third-order valence-corrected chi connectivity index (χ3v) is 5.88. The Morgan fingerprint density at radius 1 is 0.719 bits per heavy atom. The molecule has 0 heterocycles. The van der Waals surface area contributed by atoms with Gasteiger partial charge in [0.1, 0.15) is 18.1 Å². The molecule has 0 aliphatic carbocycles. The molecule has 0 aromatic heterocycles. The average Bonchev–Trinajstić information content (AvgIpc) is 2.71. The van der Waals surface area contributed by atoms with Crippen LogP contribution in [-0.2, 0) is 19.2 Å². The Morgan fingerprint density at radius 2 is 1.09 bits per heavy atom. The number of rotatable bonds is 14. The maximum atomic E-state index is 13.1. The second-order valence-electron chi connectivity index (χ2n) is 9.55. The van der Waals surface area contributed by atoms with Crippen LogP contribution in [-0.4, -0.2) is 53.0 Å². The number of carboxylic acids is 1. The molecule has 0 aromatic carbocycles. The molecule has 0 aliphatic heterocycles. The fraction of sp³-hybridized carbons (Fsp3) is 0.826. The molecule has 0 radical (unpaired) electrons. The molecule has 0 spiro atoms. The molecule has 0 saturated heterocycles. The number of hydrogen-bond donors (Lipinski definition) is 5. The van der Waals surface area contributed by atoms with E-state index in [1.54, 1.807) is 13.8 Å². The van der Waals surface area contributed by atoms with E-state index < -0.39 is 47.9 Å². The number of aliphatic carboxylic acids is 1. The van der Waals surface area contributed by atoms with E-state index >= 15 is 0 Å². The van der Waals surface area contributed by atoms with Gasteiger partial charge in [-0.1, -0.05) is 68.2 Å². The maximum absolute atomic E-state index is 13.1. The van der Waals surface area contributed by atoms with Crippen LogP contribution in [0.5, 0.6) is 0 Å². The predicted octanol–water partition coefficient (Wildman–Crippen LogP) is 1.65. The minimum absolute atomic E-state index is 0.187. The van der Waals surface area contributed by atoms with Crippen molar-refractivity contribution in [2.24, 2.45) is 29.4 Å². The first-order valence-electron chi connectivity index (χ1n) is 11.7. The predicted molar refractivity (Wildman–Crippen MR) is 125 cm³/mol. The Bertz CT molecular complexity index is 638. The molecule has 6 N–H and O–H groups in total. The van der Waals surface area contributed by atoms with E-state index in [0.717, 1.165) is 0 Å². The first-order valence-corrected chi connectivity index (χ1v) is 11.7. The number of nitrogens with one attached hydrogen (secondary N) is 3. The fourth-order valence-electron chi connectivity index (χ4n) is 3.28. The summed E-state index contributed by atoms with van der Waals surface area (Å²) in [6.07, 6.45) is 1.72. The molecule has 6 atom stereocenters. The van der Waals surface area contributed by atoms with Crippen molar-refractivity contribution in [3.8, 4) is 0 Å². The molecule has 0 fully saturated rings. The zero-order valence-electron chi connectivity index (χ0n) is 20.9. The smallest absolute Gasteiger partial charge is 0.326 e. The molecule has 9 nitrogen and oxygen atoms in total. The molecule has 186 valence electrons. The lowest BCUT2D eigenvalue weighted by Crippen LogP contribution is -2.60. The van der Waals surface area contributed by atoms with Gasteiger partial charge in [-0.2, -0.15) is 0 Å². The third-order valence-electron chi connectivity index (χ3n) is 5.88. The third kappa shape index (κ3) is 9.54. The molecule has 0 aromatic rings. The van der Waals surface area contributed by atoms with Crippen LogP contribution in [0.3, 0.4) is 0 Å². The number of amides is 3. The SMILES string of the molecule is CCC(C)C(NC(=O)C(N)CC(C)C)C(=O)NC(C(=O)NC(C(=O)O)C(C)C)C(C)CC. The number of carbonyl (C=O) groups is 4. The van der Waals surface area contributed by atoms with Gasteiger partial charge in [0.25, 0.3) is 0 Å². The molecule has 9 heteroatoms. The molecule has 3 amide bonds. The topological polar surface area (TPSA) is 151 Å². The van der Waals surface area contributed by atoms with Gasteiger partial charge in [-0.05, 0) is 30.1 Å². The molecular weight excluding hydrogens is 412 g/mol. The molecule has 32 heavy (non-hydrogen) atoms. The zero-order chi connectivity index (χ0) is 25.2. The standard InChI is InChI=1S/C23H44N4O5/c1-9-14(7)18(26-20(28)16(24)11-12(3)4)22(30)27-19(15(8)10-2)21(29)25-17(13(5)6)23(31)32/h12-19H,9-11,24H2,1-8H3,(H,25,29)(H,26,28)(H,27,30)(H,31,32). The highest BCUT2D eigenvalue weighted by molar-refractivity contribution is 5.94. The van der Waals surface area contributed by atoms with Gasteiger partial charge in [-0.25, -0.2) is 4.79 Å². The summed E-state index contributed by atoms with van der Waals surface area (Å²) in [5.41, 5.74) is 5.98. The Kier molecular flexibility index (Phi) is 13.1. The summed E-state index contributed by atoms with van der Waals surface area (Å²) in [6, 6.07) is -3.58. The van der Waals surface area contributed by atoms with Crippen molar-refractivity contribution in [1.29, 1.82) is 0 Å². The van der Waals surface area contributed by atoms with Crippen molar-refractivity contribution in [3.63, 3.8) is 0 Å². The zero-order valence-corrected chi connectivity index (χ0v) is 20.9. The summed E-state index contributed by atoms with van der Waals surface area (Å²) in [7, 11) is 0. The van der Waals surface area contributed by atoms with Crippen LogP contribution in [0.2, 0.25) is 0 Å². The van der Waals surface area contributed by atoms with Gasteiger partial charge in [0.2, 0.25) is 17.7 Å². The molecular formula is C23H44N4O5. The molecule has 0 saturated carbocycles. The van der Waals surface area contributed by atoms with Crippen molar-refractivity contribution in [2.45, 2.75) is 98.8 Å². The maximum Gasteiger partial charge on any atom is 0.326 e. The van der Waals surface area contributed by atoms with Gasteiger partial charge in [0.15, 0.2) is 0 Å². The van der Waals surface area contributed by atoms with Crippen molar-refractivity contribution in [3.05, 3.63) is 0 Å². The van der Waals surface area contributed by atoms with Crippen molar-refractivity contribution >= 4 is 23.7 Å². The quantitative estimate of drug-likeness (QED) is 0.268. The lowest BCUT2D eigenvalue weighted by Gasteiger charge is -2.30. The highest BCUT2D eigenvalue weighted by Crippen LogP contribution is 2.14. The van der Waals surface area contributed by atoms with Gasteiger partial charge in [0.05, 0.1) is 6.04 Å². The van der Waals surface area contributed by atoms with E-state index in [9.17, 15) is 24.3 Å². The molecule has 0 rings (SSSR count). The van der Waals surface area contributed by atoms with Crippen LogP contribution in [0.1, 0.15) is 74.7 Å². The van der Waals surface area contributed by atoms with E-state index in [4.69, 9.17) is 5.73 Å². The Hall–Kier alpha value is -2.16. The number of carbonyl (C=O) groups excluding carboxylic acids is 3. The van der Waals surface area contributed by atoms with Crippen molar-refractivity contribution in [1.82, 2.24) is 16.0 Å². The Balaban J connectivity index is 5.60. The van der Waals surface area contributed by atoms with E-state index in [1.165, 1.54) is 0 Å². The molecule has 6 unspecified atom stereocenters. The minimum atomic E-state index is -1.13. The first kappa shape index (κ1) is 29.8. The highest BCUT2D eigenvalue weighted by atomic mass is 16.4. The van der Waals surface area contributed by atoms with E-state index in [-0.39, 0.29) is 23.7 Å². The number of carboxylic acid groups (broad SMARTS) is 1. The Labute approximate surface area is 192 Å². The minimum Gasteiger partial charge on any atom is -0.480 e. The monoisotopic (exact) mass is 456 g/mol.